The first-order valence-corrected chi connectivity index (χ1v) is 7.18. The molecule has 2 nitrogen and oxygen atoms in total. The molecule has 18 heavy (non-hydrogen) atoms. The molecule has 1 aromatic rings. The Morgan fingerprint density at radius 2 is 2.00 bits per heavy atom. The van der Waals surface area contributed by atoms with Crippen LogP contribution in [0.15, 0.2) is 22.7 Å². The lowest BCUT2D eigenvalue weighted by Gasteiger charge is -2.35. The van der Waals surface area contributed by atoms with Crippen molar-refractivity contribution in [1.82, 2.24) is 9.80 Å². The summed E-state index contributed by atoms with van der Waals surface area (Å²) in [5, 5.41) is 0. The Morgan fingerprint density at radius 1 is 1.33 bits per heavy atom. The predicted octanol–water partition coefficient (Wildman–Crippen LogP) is 3.11. The van der Waals surface area contributed by atoms with Crippen molar-refractivity contribution in [1.29, 1.82) is 0 Å². The highest BCUT2D eigenvalue weighted by molar-refractivity contribution is 9.10. The van der Waals surface area contributed by atoms with Crippen LogP contribution in [0.5, 0.6) is 0 Å². The molecule has 0 radical (unpaired) electrons. The lowest BCUT2D eigenvalue weighted by molar-refractivity contribution is 0.139. The van der Waals surface area contributed by atoms with Crippen LogP contribution < -0.4 is 0 Å². The molecule has 0 atom stereocenters. The highest BCUT2D eigenvalue weighted by Gasteiger charge is 2.21. The fraction of sp³-hybridized carbons (Fsp3) is 0.571. The molecule has 100 valence electrons. The van der Waals surface area contributed by atoms with Crippen molar-refractivity contribution in [2.45, 2.75) is 25.4 Å². The largest absolute Gasteiger partial charge is 0.306 e. The molecule has 1 fully saturated rings. The molecule has 0 aromatic heterocycles. The fourth-order valence-electron chi connectivity index (χ4n) is 2.48. The van der Waals surface area contributed by atoms with Crippen LogP contribution in [0.1, 0.15) is 18.4 Å². The molecule has 0 saturated carbocycles. The maximum Gasteiger partial charge on any atom is 0.128 e. The van der Waals surface area contributed by atoms with Crippen molar-refractivity contribution >= 4 is 15.9 Å². The van der Waals surface area contributed by atoms with Crippen molar-refractivity contribution in [3.63, 3.8) is 0 Å². The van der Waals surface area contributed by atoms with Crippen LogP contribution in [0.2, 0.25) is 0 Å². The first-order chi connectivity index (χ1) is 8.56. The van der Waals surface area contributed by atoms with Gasteiger partial charge in [-0.05, 0) is 52.2 Å². The maximum atomic E-state index is 13.7. The number of hydrogen-bond donors (Lipinski definition) is 0. The van der Waals surface area contributed by atoms with Crippen LogP contribution in [0.3, 0.4) is 0 Å². The van der Waals surface area contributed by atoms with Gasteiger partial charge in [-0.2, -0.15) is 0 Å². The molecule has 1 aliphatic heterocycles. The van der Waals surface area contributed by atoms with Crippen molar-refractivity contribution < 1.29 is 4.39 Å². The fourth-order valence-corrected chi connectivity index (χ4v) is 2.82. The molecule has 0 unspecified atom stereocenters. The highest BCUT2D eigenvalue weighted by Crippen LogP contribution is 2.20. The van der Waals surface area contributed by atoms with Crippen molar-refractivity contribution in [3.8, 4) is 0 Å². The van der Waals surface area contributed by atoms with Gasteiger partial charge in [-0.25, -0.2) is 4.39 Å². The third-order valence-electron chi connectivity index (χ3n) is 3.70. The SMILES string of the molecule is CN(C)C1CCN(Cc2ccc(Br)cc2F)CC1. The van der Waals surface area contributed by atoms with Gasteiger partial charge in [0.2, 0.25) is 0 Å². The molecule has 0 aliphatic carbocycles. The van der Waals surface area contributed by atoms with Crippen LogP contribution >= 0.6 is 15.9 Å². The maximum absolute atomic E-state index is 13.7. The quantitative estimate of drug-likeness (QED) is 0.846. The predicted molar refractivity (Wildman–Crippen MR) is 76.1 cm³/mol. The lowest BCUT2D eigenvalue weighted by Crippen LogP contribution is -2.41. The summed E-state index contributed by atoms with van der Waals surface area (Å²) in [5.41, 5.74) is 0.793. The second-order valence-corrected chi connectivity index (χ2v) is 6.12. The van der Waals surface area contributed by atoms with Crippen molar-refractivity contribution in [3.05, 3.63) is 34.1 Å². The van der Waals surface area contributed by atoms with Crippen LogP contribution in [0.4, 0.5) is 4.39 Å². The van der Waals surface area contributed by atoms with E-state index in [0.717, 1.165) is 29.7 Å². The molecule has 1 aromatic carbocycles. The van der Waals surface area contributed by atoms with E-state index in [0.29, 0.717) is 6.04 Å². The molecule has 0 amide bonds. The molecule has 1 aliphatic rings. The summed E-state index contributed by atoms with van der Waals surface area (Å²) in [6.07, 6.45) is 2.34. The molecule has 4 heteroatoms. The number of rotatable bonds is 3. The van der Waals surface area contributed by atoms with Gasteiger partial charge >= 0.3 is 0 Å². The van der Waals surface area contributed by atoms with Crippen LogP contribution in [-0.4, -0.2) is 43.0 Å². The molecule has 0 spiro atoms. The average Bonchev–Trinajstić information content (AvgIpc) is 2.33. The third-order valence-corrected chi connectivity index (χ3v) is 4.19. The van der Waals surface area contributed by atoms with E-state index in [1.807, 2.05) is 12.1 Å². The zero-order valence-corrected chi connectivity index (χ0v) is 12.6. The normalized spacial score (nSPS) is 18.5. The Morgan fingerprint density at radius 3 is 2.56 bits per heavy atom. The van der Waals surface area contributed by atoms with E-state index in [1.54, 1.807) is 6.07 Å². The average molecular weight is 315 g/mol. The van der Waals surface area contributed by atoms with Gasteiger partial charge < -0.3 is 4.90 Å². The number of nitrogens with zero attached hydrogens (tertiary/aromatic N) is 2. The summed E-state index contributed by atoms with van der Waals surface area (Å²) < 4.78 is 14.5. The Hall–Kier alpha value is -0.450. The van der Waals surface area contributed by atoms with Crippen LogP contribution in [0.25, 0.3) is 0 Å². The molecular formula is C14H20BrFN2. The summed E-state index contributed by atoms with van der Waals surface area (Å²) in [6.45, 7) is 2.83. The standard InChI is InChI=1S/C14H20BrFN2/c1-17(2)13-5-7-18(8-6-13)10-11-3-4-12(15)9-14(11)16/h3-4,9,13H,5-8,10H2,1-2H3. The smallest absolute Gasteiger partial charge is 0.128 e. The zero-order chi connectivity index (χ0) is 13.1. The monoisotopic (exact) mass is 314 g/mol. The molecule has 0 bridgehead atoms. The Labute approximate surface area is 117 Å². The Kier molecular flexibility index (Phi) is 4.76. The summed E-state index contributed by atoms with van der Waals surface area (Å²) in [5.74, 6) is -0.112. The minimum Gasteiger partial charge on any atom is -0.306 e. The number of hydrogen-bond acceptors (Lipinski definition) is 2. The summed E-state index contributed by atoms with van der Waals surface area (Å²) in [7, 11) is 4.27. The topological polar surface area (TPSA) is 6.48 Å². The van der Waals surface area contributed by atoms with Gasteiger partial charge in [0.05, 0.1) is 0 Å². The Bertz CT molecular complexity index is 401. The van der Waals surface area contributed by atoms with E-state index in [1.165, 1.54) is 12.8 Å². The van der Waals surface area contributed by atoms with E-state index in [-0.39, 0.29) is 5.82 Å². The van der Waals surface area contributed by atoms with Crippen molar-refractivity contribution in [2.75, 3.05) is 27.2 Å². The molecular weight excluding hydrogens is 295 g/mol. The minimum absolute atomic E-state index is 0.112. The second-order valence-electron chi connectivity index (χ2n) is 5.21. The van der Waals surface area contributed by atoms with E-state index in [9.17, 15) is 4.39 Å². The van der Waals surface area contributed by atoms with Gasteiger partial charge in [-0.3, -0.25) is 4.90 Å². The van der Waals surface area contributed by atoms with Crippen LogP contribution in [-0.2, 0) is 6.54 Å². The number of piperidine rings is 1. The molecule has 1 saturated heterocycles. The summed E-state index contributed by atoms with van der Waals surface area (Å²) in [6, 6.07) is 6.00. The van der Waals surface area contributed by atoms with Gasteiger partial charge in [0.1, 0.15) is 5.82 Å². The van der Waals surface area contributed by atoms with E-state index in [4.69, 9.17) is 0 Å². The first kappa shape index (κ1) is 14.0. The highest BCUT2D eigenvalue weighted by atomic mass is 79.9. The van der Waals surface area contributed by atoms with E-state index in [2.05, 4.69) is 39.8 Å². The van der Waals surface area contributed by atoms with Crippen LogP contribution in [0, 0.1) is 5.82 Å². The minimum atomic E-state index is -0.112. The second kappa shape index (κ2) is 6.13. The number of halogens is 2. The van der Waals surface area contributed by atoms with E-state index < -0.39 is 0 Å². The number of benzene rings is 1. The van der Waals surface area contributed by atoms with Crippen molar-refractivity contribution in [2.24, 2.45) is 0 Å². The van der Waals surface area contributed by atoms with Gasteiger partial charge in [0.25, 0.3) is 0 Å². The Balaban J connectivity index is 1.91. The van der Waals surface area contributed by atoms with E-state index >= 15 is 0 Å². The summed E-state index contributed by atoms with van der Waals surface area (Å²) >= 11 is 3.29. The van der Waals surface area contributed by atoms with Gasteiger partial charge in [-0.15, -0.1) is 0 Å². The third kappa shape index (κ3) is 3.53. The molecule has 2 rings (SSSR count). The first-order valence-electron chi connectivity index (χ1n) is 6.39. The molecule has 1 heterocycles. The summed E-state index contributed by atoms with van der Waals surface area (Å²) in [4.78, 5) is 4.63. The lowest BCUT2D eigenvalue weighted by atomic mass is 10.0. The van der Waals surface area contributed by atoms with Gasteiger partial charge in [-0.1, -0.05) is 22.0 Å². The zero-order valence-electron chi connectivity index (χ0n) is 11.0. The van der Waals surface area contributed by atoms with Gasteiger partial charge in [0, 0.05) is 22.6 Å². The van der Waals surface area contributed by atoms with Gasteiger partial charge in [0.15, 0.2) is 0 Å². The number of likely N-dealkylation sites (tertiary alicyclic amines) is 1. The molecule has 0 N–H and O–H groups in total.